The van der Waals surface area contributed by atoms with Crippen molar-refractivity contribution in [3.8, 4) is 5.75 Å². The Kier molecular flexibility index (Phi) is 5.43. The van der Waals surface area contributed by atoms with Crippen molar-refractivity contribution in [3.63, 3.8) is 0 Å². The maximum Gasteiger partial charge on any atom is 0.244 e. The SMILES string of the molecule is COc1cccc(/C=C/C(=O)NC2CCCC(C)C2C)c1. The number of hydrogen-bond donors (Lipinski definition) is 1. The summed E-state index contributed by atoms with van der Waals surface area (Å²) in [6.45, 7) is 4.51. The Balaban J connectivity index is 1.93. The summed E-state index contributed by atoms with van der Waals surface area (Å²) in [7, 11) is 1.64. The molecule has 3 unspecified atom stereocenters. The topological polar surface area (TPSA) is 38.3 Å². The number of nitrogens with one attached hydrogen (secondary N) is 1. The summed E-state index contributed by atoms with van der Waals surface area (Å²) in [5.41, 5.74) is 0.967. The molecule has 114 valence electrons. The van der Waals surface area contributed by atoms with E-state index in [1.54, 1.807) is 13.2 Å². The number of methoxy groups -OCH3 is 1. The van der Waals surface area contributed by atoms with Gasteiger partial charge in [0.05, 0.1) is 7.11 Å². The molecule has 1 aliphatic rings. The summed E-state index contributed by atoms with van der Waals surface area (Å²) in [5, 5.41) is 3.14. The third kappa shape index (κ3) is 4.35. The highest BCUT2D eigenvalue weighted by Crippen LogP contribution is 2.29. The number of amides is 1. The fourth-order valence-corrected chi connectivity index (χ4v) is 2.93. The van der Waals surface area contributed by atoms with E-state index in [-0.39, 0.29) is 5.91 Å². The predicted octanol–water partition coefficient (Wildman–Crippen LogP) is 3.65. The smallest absolute Gasteiger partial charge is 0.244 e. The molecule has 0 spiro atoms. The van der Waals surface area contributed by atoms with Crippen molar-refractivity contribution < 1.29 is 9.53 Å². The molecule has 1 saturated carbocycles. The summed E-state index contributed by atoms with van der Waals surface area (Å²) in [6, 6.07) is 7.98. The van der Waals surface area contributed by atoms with Gasteiger partial charge in [-0.2, -0.15) is 0 Å². The number of benzene rings is 1. The highest BCUT2D eigenvalue weighted by Gasteiger charge is 2.27. The van der Waals surface area contributed by atoms with Gasteiger partial charge in [-0.3, -0.25) is 4.79 Å². The van der Waals surface area contributed by atoms with E-state index >= 15 is 0 Å². The Morgan fingerprint density at radius 1 is 1.33 bits per heavy atom. The Morgan fingerprint density at radius 3 is 2.90 bits per heavy atom. The van der Waals surface area contributed by atoms with E-state index < -0.39 is 0 Å². The van der Waals surface area contributed by atoms with Crippen LogP contribution in [0.1, 0.15) is 38.7 Å². The summed E-state index contributed by atoms with van der Waals surface area (Å²) < 4.78 is 5.17. The number of carbonyl (C=O) groups is 1. The van der Waals surface area contributed by atoms with Gasteiger partial charge in [-0.05, 0) is 42.0 Å². The fourth-order valence-electron chi connectivity index (χ4n) is 2.93. The molecule has 0 aliphatic heterocycles. The van der Waals surface area contributed by atoms with Crippen LogP contribution in [-0.4, -0.2) is 19.1 Å². The normalized spacial score (nSPS) is 25.8. The third-order valence-electron chi connectivity index (χ3n) is 4.56. The fraction of sp³-hybridized carbons (Fsp3) is 0.500. The van der Waals surface area contributed by atoms with Gasteiger partial charge in [-0.1, -0.05) is 38.8 Å². The van der Waals surface area contributed by atoms with E-state index in [1.165, 1.54) is 12.8 Å². The first kappa shape index (κ1) is 15.6. The van der Waals surface area contributed by atoms with Crippen molar-refractivity contribution in [2.45, 2.75) is 39.2 Å². The molecule has 1 amide bonds. The van der Waals surface area contributed by atoms with Crippen LogP contribution in [0.25, 0.3) is 6.08 Å². The van der Waals surface area contributed by atoms with Crippen LogP contribution in [0.3, 0.4) is 0 Å². The van der Waals surface area contributed by atoms with Gasteiger partial charge < -0.3 is 10.1 Å². The van der Waals surface area contributed by atoms with E-state index in [9.17, 15) is 4.79 Å². The highest BCUT2D eigenvalue weighted by molar-refractivity contribution is 5.92. The van der Waals surface area contributed by atoms with E-state index in [0.717, 1.165) is 17.7 Å². The Hall–Kier alpha value is -1.77. The molecule has 1 N–H and O–H groups in total. The monoisotopic (exact) mass is 287 g/mol. The Bertz CT molecular complexity index is 510. The first-order valence-electron chi connectivity index (χ1n) is 7.73. The van der Waals surface area contributed by atoms with Crippen molar-refractivity contribution in [3.05, 3.63) is 35.9 Å². The van der Waals surface area contributed by atoms with E-state index in [1.807, 2.05) is 30.3 Å². The molecule has 1 fully saturated rings. The average Bonchev–Trinajstić information content (AvgIpc) is 2.50. The minimum atomic E-state index is -0.0104. The molecule has 3 nitrogen and oxygen atoms in total. The van der Waals surface area contributed by atoms with E-state index in [0.29, 0.717) is 17.9 Å². The minimum Gasteiger partial charge on any atom is -0.497 e. The molecule has 1 aromatic carbocycles. The number of carbonyl (C=O) groups excluding carboxylic acids is 1. The standard InChI is InChI=1S/C18H25NO2/c1-13-6-4-9-17(14(13)2)19-18(20)11-10-15-7-5-8-16(12-15)21-3/h5,7-8,10-14,17H,4,6,9H2,1-3H3,(H,19,20)/b11-10+. The summed E-state index contributed by atoms with van der Waals surface area (Å²) in [4.78, 5) is 12.1. The van der Waals surface area contributed by atoms with Gasteiger partial charge in [0, 0.05) is 12.1 Å². The lowest BCUT2D eigenvalue weighted by molar-refractivity contribution is -0.117. The largest absolute Gasteiger partial charge is 0.497 e. The van der Waals surface area contributed by atoms with Gasteiger partial charge in [-0.25, -0.2) is 0 Å². The molecular formula is C18H25NO2. The molecule has 0 saturated heterocycles. The quantitative estimate of drug-likeness (QED) is 0.858. The number of ether oxygens (including phenoxy) is 1. The Morgan fingerprint density at radius 2 is 2.14 bits per heavy atom. The zero-order valence-corrected chi connectivity index (χ0v) is 13.1. The second-order valence-electron chi connectivity index (χ2n) is 5.99. The molecule has 21 heavy (non-hydrogen) atoms. The second kappa shape index (κ2) is 7.30. The van der Waals surface area contributed by atoms with Crippen molar-refractivity contribution >= 4 is 12.0 Å². The van der Waals surface area contributed by atoms with Crippen molar-refractivity contribution in [2.24, 2.45) is 11.8 Å². The maximum absolute atomic E-state index is 12.1. The predicted molar refractivity (Wildman–Crippen MR) is 86.1 cm³/mol. The molecule has 1 aliphatic carbocycles. The molecule has 0 radical (unpaired) electrons. The lowest BCUT2D eigenvalue weighted by Gasteiger charge is -2.34. The molecule has 1 aromatic rings. The molecule has 0 bridgehead atoms. The minimum absolute atomic E-state index is 0.0104. The Labute approximate surface area is 127 Å². The summed E-state index contributed by atoms with van der Waals surface area (Å²) in [5.74, 6) is 2.02. The molecule has 3 atom stereocenters. The lowest BCUT2D eigenvalue weighted by atomic mass is 9.78. The van der Waals surface area contributed by atoms with Gasteiger partial charge in [-0.15, -0.1) is 0 Å². The van der Waals surface area contributed by atoms with Gasteiger partial charge in [0.15, 0.2) is 0 Å². The lowest BCUT2D eigenvalue weighted by Crippen LogP contribution is -2.43. The van der Waals surface area contributed by atoms with Gasteiger partial charge in [0.25, 0.3) is 0 Å². The van der Waals surface area contributed by atoms with Crippen LogP contribution in [0.15, 0.2) is 30.3 Å². The summed E-state index contributed by atoms with van der Waals surface area (Å²) >= 11 is 0. The van der Waals surface area contributed by atoms with Crippen LogP contribution in [-0.2, 0) is 4.79 Å². The number of rotatable bonds is 4. The number of hydrogen-bond acceptors (Lipinski definition) is 2. The molecule has 2 rings (SSSR count). The van der Waals surface area contributed by atoms with Gasteiger partial charge in [0.1, 0.15) is 5.75 Å². The van der Waals surface area contributed by atoms with Crippen LogP contribution in [0.2, 0.25) is 0 Å². The van der Waals surface area contributed by atoms with Crippen molar-refractivity contribution in [1.82, 2.24) is 5.32 Å². The summed E-state index contributed by atoms with van der Waals surface area (Å²) in [6.07, 6.45) is 7.00. The third-order valence-corrected chi connectivity index (χ3v) is 4.56. The molecule has 3 heteroatoms. The van der Waals surface area contributed by atoms with Crippen LogP contribution < -0.4 is 10.1 Å². The second-order valence-corrected chi connectivity index (χ2v) is 5.99. The zero-order chi connectivity index (χ0) is 15.2. The van der Waals surface area contributed by atoms with Gasteiger partial charge >= 0.3 is 0 Å². The van der Waals surface area contributed by atoms with Crippen molar-refractivity contribution in [2.75, 3.05) is 7.11 Å². The average molecular weight is 287 g/mol. The zero-order valence-electron chi connectivity index (χ0n) is 13.1. The van der Waals surface area contributed by atoms with E-state index in [2.05, 4.69) is 19.2 Å². The van der Waals surface area contributed by atoms with Crippen LogP contribution in [0, 0.1) is 11.8 Å². The maximum atomic E-state index is 12.1. The van der Waals surface area contributed by atoms with Crippen LogP contribution in [0.5, 0.6) is 5.75 Å². The highest BCUT2D eigenvalue weighted by atomic mass is 16.5. The first-order valence-corrected chi connectivity index (χ1v) is 7.73. The molecule has 0 aromatic heterocycles. The van der Waals surface area contributed by atoms with Gasteiger partial charge in [0.2, 0.25) is 5.91 Å². The van der Waals surface area contributed by atoms with Crippen LogP contribution >= 0.6 is 0 Å². The first-order chi connectivity index (χ1) is 10.1. The molecular weight excluding hydrogens is 262 g/mol. The van der Waals surface area contributed by atoms with E-state index in [4.69, 9.17) is 4.74 Å². The van der Waals surface area contributed by atoms with Crippen LogP contribution in [0.4, 0.5) is 0 Å². The molecule has 0 heterocycles. The van der Waals surface area contributed by atoms with Crippen molar-refractivity contribution in [1.29, 1.82) is 0 Å².